The van der Waals surface area contributed by atoms with Crippen molar-refractivity contribution in [3.8, 4) is 5.75 Å². The van der Waals surface area contributed by atoms with Crippen LogP contribution in [0.3, 0.4) is 0 Å². The van der Waals surface area contributed by atoms with Crippen molar-refractivity contribution in [3.63, 3.8) is 0 Å². The van der Waals surface area contributed by atoms with Crippen molar-refractivity contribution in [1.82, 2.24) is 5.32 Å². The molecular formula is C16H13BrF3N3O3. The van der Waals surface area contributed by atoms with Gasteiger partial charge in [-0.2, -0.15) is 0 Å². The second kappa shape index (κ2) is 8.09. The maximum absolute atomic E-state index is 12.4. The van der Waals surface area contributed by atoms with Gasteiger partial charge in [-0.15, -0.1) is 13.2 Å². The normalized spacial score (nSPS) is 10.8. The van der Waals surface area contributed by atoms with Gasteiger partial charge in [-0.1, -0.05) is 22.0 Å². The summed E-state index contributed by atoms with van der Waals surface area (Å²) in [5, 5.41) is 7.19. The molecule has 3 N–H and O–H groups in total. The van der Waals surface area contributed by atoms with E-state index in [2.05, 4.69) is 36.6 Å². The summed E-state index contributed by atoms with van der Waals surface area (Å²) in [4.78, 5) is 24.0. The van der Waals surface area contributed by atoms with Crippen LogP contribution < -0.4 is 20.7 Å². The van der Waals surface area contributed by atoms with Gasteiger partial charge in [0, 0.05) is 23.3 Å². The van der Waals surface area contributed by atoms with Crippen molar-refractivity contribution in [2.45, 2.75) is 6.36 Å². The smallest absolute Gasteiger partial charge is 0.406 e. The predicted octanol–water partition coefficient (Wildman–Crippen LogP) is 4.35. The number of benzene rings is 2. The average molecular weight is 432 g/mol. The second-order valence-corrected chi connectivity index (χ2v) is 5.84. The number of carbonyl (C=O) groups is 2. The highest BCUT2D eigenvalue weighted by Crippen LogP contribution is 2.28. The van der Waals surface area contributed by atoms with Gasteiger partial charge in [-0.25, -0.2) is 4.79 Å². The summed E-state index contributed by atoms with van der Waals surface area (Å²) in [7, 11) is 1.35. The molecular weight excluding hydrogens is 419 g/mol. The van der Waals surface area contributed by atoms with E-state index in [4.69, 9.17) is 0 Å². The van der Waals surface area contributed by atoms with Gasteiger partial charge in [0.25, 0.3) is 5.91 Å². The Kier molecular flexibility index (Phi) is 6.09. The van der Waals surface area contributed by atoms with E-state index >= 15 is 0 Å². The number of ether oxygens (including phenoxy) is 1. The van der Waals surface area contributed by atoms with E-state index in [0.717, 1.165) is 22.7 Å². The van der Waals surface area contributed by atoms with E-state index < -0.39 is 24.1 Å². The molecule has 0 bridgehead atoms. The van der Waals surface area contributed by atoms with Gasteiger partial charge in [0.1, 0.15) is 5.75 Å². The van der Waals surface area contributed by atoms with E-state index in [-0.39, 0.29) is 11.3 Å². The number of rotatable bonds is 4. The van der Waals surface area contributed by atoms with Gasteiger partial charge in [0.15, 0.2) is 0 Å². The molecule has 6 nitrogen and oxygen atoms in total. The number of nitrogens with one attached hydrogen (secondary N) is 3. The fourth-order valence-electron chi connectivity index (χ4n) is 2.01. The van der Waals surface area contributed by atoms with Gasteiger partial charge in [0.05, 0.1) is 11.3 Å². The highest BCUT2D eigenvalue weighted by Gasteiger charge is 2.31. The molecule has 0 aliphatic carbocycles. The molecule has 10 heteroatoms. The Morgan fingerprint density at radius 2 is 1.81 bits per heavy atom. The lowest BCUT2D eigenvalue weighted by Gasteiger charge is -2.14. The van der Waals surface area contributed by atoms with Crippen LogP contribution in [0.4, 0.5) is 29.3 Å². The zero-order chi connectivity index (χ0) is 19.3. The molecule has 0 fully saturated rings. The van der Waals surface area contributed by atoms with Crippen LogP contribution in [0.15, 0.2) is 46.9 Å². The van der Waals surface area contributed by atoms with Crippen LogP contribution in [0.1, 0.15) is 10.4 Å². The molecule has 2 aromatic rings. The number of anilines is 2. The van der Waals surface area contributed by atoms with Gasteiger partial charge < -0.3 is 20.7 Å². The lowest BCUT2D eigenvalue weighted by atomic mass is 10.1. The lowest BCUT2D eigenvalue weighted by Crippen LogP contribution is -2.24. The highest BCUT2D eigenvalue weighted by atomic mass is 79.9. The zero-order valence-electron chi connectivity index (χ0n) is 13.3. The van der Waals surface area contributed by atoms with Crippen LogP contribution in [0.25, 0.3) is 0 Å². The molecule has 2 aromatic carbocycles. The van der Waals surface area contributed by atoms with Crippen LogP contribution >= 0.6 is 15.9 Å². The Labute approximate surface area is 154 Å². The number of urea groups is 1. The van der Waals surface area contributed by atoms with E-state index in [0.29, 0.717) is 5.69 Å². The number of alkyl halides is 3. The van der Waals surface area contributed by atoms with Crippen LogP contribution in [-0.4, -0.2) is 25.3 Å². The molecule has 0 heterocycles. The Balaban J connectivity index is 2.25. The molecule has 3 amide bonds. The Hall–Kier alpha value is -2.75. The molecule has 0 saturated carbocycles. The third kappa shape index (κ3) is 5.66. The molecule has 138 valence electrons. The molecule has 26 heavy (non-hydrogen) atoms. The lowest BCUT2D eigenvalue weighted by molar-refractivity contribution is -0.274. The number of halogens is 4. The van der Waals surface area contributed by atoms with Crippen LogP contribution in [0.5, 0.6) is 5.75 Å². The summed E-state index contributed by atoms with van der Waals surface area (Å²) in [6.07, 6.45) is -4.90. The summed E-state index contributed by atoms with van der Waals surface area (Å²) >= 11 is 3.25. The number of hydrogen-bond acceptors (Lipinski definition) is 3. The maximum atomic E-state index is 12.4. The number of amides is 3. The van der Waals surface area contributed by atoms with Gasteiger partial charge >= 0.3 is 12.4 Å². The molecule has 0 spiro atoms. The summed E-state index contributed by atoms with van der Waals surface area (Å²) in [5.41, 5.74) is 0.283. The average Bonchev–Trinajstić information content (AvgIpc) is 2.52. The molecule has 0 atom stereocenters. The first-order valence-corrected chi connectivity index (χ1v) is 7.92. The minimum atomic E-state index is -4.90. The molecule has 0 aliphatic heterocycles. The van der Waals surface area contributed by atoms with E-state index in [1.165, 1.54) is 7.05 Å². The Bertz CT molecular complexity index is 828. The van der Waals surface area contributed by atoms with Crippen molar-refractivity contribution in [2.24, 2.45) is 0 Å². The minimum Gasteiger partial charge on any atom is -0.406 e. The molecule has 0 aromatic heterocycles. The van der Waals surface area contributed by atoms with Crippen LogP contribution in [0.2, 0.25) is 0 Å². The van der Waals surface area contributed by atoms with Gasteiger partial charge in [0.2, 0.25) is 0 Å². The number of carbonyl (C=O) groups excluding carboxylic acids is 2. The topological polar surface area (TPSA) is 79.5 Å². The van der Waals surface area contributed by atoms with E-state index in [1.807, 2.05) is 0 Å². The molecule has 0 unspecified atom stereocenters. The SMILES string of the molecule is CNC(=O)c1ccc(OC(F)(F)F)cc1NC(=O)Nc1cccc(Br)c1. The number of hydrogen-bond donors (Lipinski definition) is 3. The van der Waals surface area contributed by atoms with Crippen molar-refractivity contribution in [2.75, 3.05) is 17.7 Å². The third-order valence-electron chi connectivity index (χ3n) is 3.03. The first-order chi connectivity index (χ1) is 12.2. The third-order valence-corrected chi connectivity index (χ3v) is 3.52. The highest BCUT2D eigenvalue weighted by molar-refractivity contribution is 9.10. The molecule has 0 saturated heterocycles. The predicted molar refractivity (Wildman–Crippen MR) is 93.3 cm³/mol. The zero-order valence-corrected chi connectivity index (χ0v) is 14.9. The Morgan fingerprint density at radius 3 is 2.42 bits per heavy atom. The quantitative estimate of drug-likeness (QED) is 0.672. The largest absolute Gasteiger partial charge is 0.573 e. The van der Waals surface area contributed by atoms with E-state index in [9.17, 15) is 22.8 Å². The van der Waals surface area contributed by atoms with Crippen LogP contribution in [0, 0.1) is 0 Å². The molecule has 0 aliphatic rings. The second-order valence-electron chi connectivity index (χ2n) is 4.92. The van der Waals surface area contributed by atoms with Gasteiger partial charge in [-0.3, -0.25) is 4.79 Å². The maximum Gasteiger partial charge on any atom is 0.573 e. The minimum absolute atomic E-state index is 0.0218. The summed E-state index contributed by atoms with van der Waals surface area (Å²) in [5.74, 6) is -1.15. The van der Waals surface area contributed by atoms with Gasteiger partial charge in [-0.05, 0) is 30.3 Å². The standard InChI is InChI=1S/C16H13BrF3N3O3/c1-21-14(24)12-6-5-11(26-16(18,19)20)8-13(12)23-15(25)22-10-4-2-3-9(17)7-10/h2-8H,1H3,(H,21,24)(H2,22,23,25). The first-order valence-electron chi connectivity index (χ1n) is 7.13. The van der Waals surface area contributed by atoms with E-state index in [1.54, 1.807) is 24.3 Å². The first kappa shape index (κ1) is 19.6. The van der Waals surface area contributed by atoms with Crippen molar-refractivity contribution in [1.29, 1.82) is 0 Å². The summed E-state index contributed by atoms with van der Waals surface area (Å²) < 4.78 is 41.7. The fraction of sp³-hybridized carbons (Fsp3) is 0.125. The van der Waals surface area contributed by atoms with Crippen molar-refractivity contribution < 1.29 is 27.5 Å². The summed E-state index contributed by atoms with van der Waals surface area (Å²) in [6.45, 7) is 0. The summed E-state index contributed by atoms with van der Waals surface area (Å²) in [6, 6.07) is 8.97. The Morgan fingerprint density at radius 1 is 1.08 bits per heavy atom. The fourth-order valence-corrected chi connectivity index (χ4v) is 2.41. The molecule has 2 rings (SSSR count). The monoisotopic (exact) mass is 431 g/mol. The van der Waals surface area contributed by atoms with Crippen molar-refractivity contribution in [3.05, 3.63) is 52.5 Å². The van der Waals surface area contributed by atoms with Crippen molar-refractivity contribution >= 4 is 39.2 Å². The van der Waals surface area contributed by atoms with Crippen LogP contribution in [-0.2, 0) is 0 Å². The molecule has 0 radical (unpaired) electrons.